The molecule has 0 aliphatic heterocycles. The second-order valence-electron chi connectivity index (χ2n) is 4.57. The van der Waals surface area contributed by atoms with Gasteiger partial charge in [0.2, 0.25) is 10.0 Å². The van der Waals surface area contributed by atoms with Gasteiger partial charge in [-0.25, -0.2) is 18.1 Å². The van der Waals surface area contributed by atoms with Crippen molar-refractivity contribution < 1.29 is 8.42 Å². The summed E-state index contributed by atoms with van der Waals surface area (Å²) in [6.07, 6.45) is 3.71. The standard InChI is InChI=1S/C11H17N3O2S/c1-8(2)14-17(15,16)10-5-6-11(12-7-10)13-9-3-4-9/h5-9,14H,3-4H2,1-2H3,(H,12,13). The maximum absolute atomic E-state index is 11.8. The zero-order valence-electron chi connectivity index (χ0n) is 9.97. The van der Waals surface area contributed by atoms with E-state index in [4.69, 9.17) is 0 Å². The molecule has 5 nitrogen and oxygen atoms in total. The number of hydrogen-bond acceptors (Lipinski definition) is 4. The number of nitrogens with zero attached hydrogens (tertiary/aromatic N) is 1. The van der Waals surface area contributed by atoms with Crippen LogP contribution in [0.25, 0.3) is 0 Å². The first-order chi connectivity index (χ1) is 7.97. The van der Waals surface area contributed by atoms with Crippen molar-refractivity contribution in [3.05, 3.63) is 18.3 Å². The lowest BCUT2D eigenvalue weighted by molar-refractivity contribution is 0.569. The highest BCUT2D eigenvalue weighted by Crippen LogP contribution is 2.23. The largest absolute Gasteiger partial charge is 0.367 e. The SMILES string of the molecule is CC(C)NS(=O)(=O)c1ccc(NC2CC2)nc1. The number of sulfonamides is 1. The average Bonchev–Trinajstić information content (AvgIpc) is 3.00. The van der Waals surface area contributed by atoms with Crippen LogP contribution >= 0.6 is 0 Å². The van der Waals surface area contributed by atoms with Gasteiger partial charge < -0.3 is 5.32 Å². The molecule has 0 radical (unpaired) electrons. The van der Waals surface area contributed by atoms with Crippen molar-refractivity contribution in [3.8, 4) is 0 Å². The molecule has 17 heavy (non-hydrogen) atoms. The van der Waals surface area contributed by atoms with Gasteiger partial charge in [0.1, 0.15) is 10.7 Å². The van der Waals surface area contributed by atoms with E-state index in [1.54, 1.807) is 26.0 Å². The van der Waals surface area contributed by atoms with Crippen LogP contribution in [-0.2, 0) is 10.0 Å². The van der Waals surface area contributed by atoms with Crippen LogP contribution in [0.3, 0.4) is 0 Å². The smallest absolute Gasteiger partial charge is 0.242 e. The third-order valence-electron chi connectivity index (χ3n) is 2.37. The molecule has 2 rings (SSSR count). The molecule has 1 fully saturated rings. The minimum Gasteiger partial charge on any atom is -0.367 e. The van der Waals surface area contributed by atoms with Crippen LogP contribution in [0.15, 0.2) is 23.2 Å². The number of aromatic nitrogens is 1. The lowest BCUT2D eigenvalue weighted by atomic mass is 10.4. The molecule has 1 aliphatic carbocycles. The Kier molecular flexibility index (Phi) is 3.35. The van der Waals surface area contributed by atoms with Crippen LogP contribution in [0.4, 0.5) is 5.82 Å². The predicted molar refractivity (Wildman–Crippen MR) is 66.3 cm³/mol. The summed E-state index contributed by atoms with van der Waals surface area (Å²) >= 11 is 0. The summed E-state index contributed by atoms with van der Waals surface area (Å²) in [5, 5.41) is 3.21. The molecule has 6 heteroatoms. The van der Waals surface area contributed by atoms with Crippen LogP contribution in [0.5, 0.6) is 0 Å². The van der Waals surface area contributed by atoms with Crippen molar-refractivity contribution in [2.75, 3.05) is 5.32 Å². The van der Waals surface area contributed by atoms with Gasteiger partial charge in [0.05, 0.1) is 0 Å². The molecule has 0 unspecified atom stereocenters. The lowest BCUT2D eigenvalue weighted by Crippen LogP contribution is -2.30. The van der Waals surface area contributed by atoms with Gasteiger partial charge in [-0.1, -0.05) is 0 Å². The first-order valence-corrected chi connectivity index (χ1v) is 7.20. The van der Waals surface area contributed by atoms with E-state index in [1.165, 1.54) is 6.20 Å². The molecule has 0 saturated heterocycles. The number of pyridine rings is 1. The van der Waals surface area contributed by atoms with Crippen LogP contribution in [-0.4, -0.2) is 25.5 Å². The quantitative estimate of drug-likeness (QED) is 0.833. The summed E-state index contributed by atoms with van der Waals surface area (Å²) in [4.78, 5) is 4.30. The van der Waals surface area contributed by atoms with Crippen molar-refractivity contribution in [3.63, 3.8) is 0 Å². The van der Waals surface area contributed by atoms with Gasteiger partial charge in [-0.15, -0.1) is 0 Å². The molecule has 0 atom stereocenters. The normalized spacial score (nSPS) is 16.2. The molecule has 0 amide bonds. The molecule has 2 N–H and O–H groups in total. The monoisotopic (exact) mass is 255 g/mol. The van der Waals surface area contributed by atoms with Crippen LogP contribution in [0.1, 0.15) is 26.7 Å². The Bertz CT molecular complexity index is 478. The molecule has 1 aromatic rings. The van der Waals surface area contributed by atoms with Crippen molar-refractivity contribution in [2.45, 2.75) is 43.7 Å². The highest BCUT2D eigenvalue weighted by molar-refractivity contribution is 7.89. The van der Waals surface area contributed by atoms with Gasteiger partial charge in [0.15, 0.2) is 0 Å². The molecule has 1 aliphatic rings. The van der Waals surface area contributed by atoms with E-state index < -0.39 is 10.0 Å². The van der Waals surface area contributed by atoms with Crippen LogP contribution in [0, 0.1) is 0 Å². The van der Waals surface area contributed by atoms with Crippen molar-refractivity contribution >= 4 is 15.8 Å². The lowest BCUT2D eigenvalue weighted by Gasteiger charge is -2.09. The second-order valence-corrected chi connectivity index (χ2v) is 6.29. The zero-order valence-corrected chi connectivity index (χ0v) is 10.8. The molecular weight excluding hydrogens is 238 g/mol. The van der Waals surface area contributed by atoms with Gasteiger partial charge in [-0.3, -0.25) is 0 Å². The van der Waals surface area contributed by atoms with Crippen molar-refractivity contribution in [2.24, 2.45) is 0 Å². The van der Waals surface area contributed by atoms with E-state index in [0.717, 1.165) is 18.7 Å². The Morgan fingerprint density at radius 2 is 2.06 bits per heavy atom. The molecule has 1 saturated carbocycles. The van der Waals surface area contributed by atoms with E-state index in [2.05, 4.69) is 15.0 Å². The Balaban J connectivity index is 2.10. The summed E-state index contributed by atoms with van der Waals surface area (Å²) in [5.41, 5.74) is 0. The van der Waals surface area contributed by atoms with Crippen molar-refractivity contribution in [1.29, 1.82) is 0 Å². The van der Waals surface area contributed by atoms with Gasteiger partial charge in [0.25, 0.3) is 0 Å². The Labute approximate surface area is 102 Å². The number of rotatable bonds is 5. The van der Waals surface area contributed by atoms with E-state index >= 15 is 0 Å². The minimum atomic E-state index is -3.43. The third kappa shape index (κ3) is 3.41. The first-order valence-electron chi connectivity index (χ1n) is 5.72. The number of anilines is 1. The fraction of sp³-hybridized carbons (Fsp3) is 0.545. The summed E-state index contributed by atoms with van der Waals surface area (Å²) in [6, 6.07) is 3.67. The molecular formula is C11H17N3O2S. The van der Waals surface area contributed by atoms with Gasteiger partial charge in [-0.05, 0) is 38.8 Å². The molecule has 1 heterocycles. The fourth-order valence-electron chi connectivity index (χ4n) is 1.44. The Morgan fingerprint density at radius 3 is 2.53 bits per heavy atom. The number of hydrogen-bond donors (Lipinski definition) is 2. The summed E-state index contributed by atoms with van der Waals surface area (Å²) in [5.74, 6) is 0.732. The van der Waals surface area contributed by atoms with Crippen LogP contribution in [0.2, 0.25) is 0 Å². The molecule has 0 spiro atoms. The minimum absolute atomic E-state index is 0.121. The average molecular weight is 255 g/mol. The molecule has 94 valence electrons. The third-order valence-corrected chi connectivity index (χ3v) is 4.01. The van der Waals surface area contributed by atoms with Gasteiger partial charge in [-0.2, -0.15) is 0 Å². The van der Waals surface area contributed by atoms with Gasteiger partial charge >= 0.3 is 0 Å². The highest BCUT2D eigenvalue weighted by Gasteiger charge is 2.21. The molecule has 0 aromatic carbocycles. The van der Waals surface area contributed by atoms with E-state index in [1.807, 2.05) is 0 Å². The van der Waals surface area contributed by atoms with E-state index in [0.29, 0.717) is 6.04 Å². The van der Waals surface area contributed by atoms with Crippen molar-refractivity contribution in [1.82, 2.24) is 9.71 Å². The zero-order chi connectivity index (χ0) is 12.5. The summed E-state index contributed by atoms with van der Waals surface area (Å²) in [6.45, 7) is 3.57. The number of nitrogens with one attached hydrogen (secondary N) is 2. The van der Waals surface area contributed by atoms with E-state index in [-0.39, 0.29) is 10.9 Å². The fourth-order valence-corrected chi connectivity index (χ4v) is 2.64. The van der Waals surface area contributed by atoms with Crippen LogP contribution < -0.4 is 10.0 Å². The maximum atomic E-state index is 11.8. The molecule has 1 aromatic heterocycles. The second kappa shape index (κ2) is 4.62. The topological polar surface area (TPSA) is 71.1 Å². The summed E-state index contributed by atoms with van der Waals surface area (Å²) < 4.78 is 26.2. The molecule has 0 bridgehead atoms. The first kappa shape index (κ1) is 12.3. The highest BCUT2D eigenvalue weighted by atomic mass is 32.2. The Morgan fingerprint density at radius 1 is 1.35 bits per heavy atom. The Hall–Kier alpha value is -1.14. The maximum Gasteiger partial charge on any atom is 0.242 e. The summed E-state index contributed by atoms with van der Waals surface area (Å²) in [7, 11) is -3.43. The van der Waals surface area contributed by atoms with E-state index in [9.17, 15) is 8.42 Å². The predicted octanol–water partition coefficient (Wildman–Crippen LogP) is 1.34. The van der Waals surface area contributed by atoms with Gasteiger partial charge in [0, 0.05) is 18.3 Å².